The third kappa shape index (κ3) is 7.26. The number of carbonyl (C=O) groups is 1. The van der Waals surface area contributed by atoms with E-state index in [1.54, 1.807) is 12.1 Å². The largest absolute Gasteiger partial charge is 0.354 e. The molecule has 0 bridgehead atoms. The maximum atomic E-state index is 13.3. The van der Waals surface area contributed by atoms with E-state index in [9.17, 15) is 22.0 Å². The lowest BCUT2D eigenvalue weighted by atomic mass is 10.1. The molecule has 0 aliphatic rings. The molecular weight excluding hydrogens is 442 g/mol. The molecule has 2 aromatic carbocycles. The number of hydrogen-bond acceptors (Lipinski definition) is 4. The Balaban J connectivity index is 2.03. The van der Waals surface area contributed by atoms with Crippen LogP contribution in [-0.2, 0) is 21.2 Å². The van der Waals surface area contributed by atoms with Gasteiger partial charge in [0.2, 0.25) is 15.9 Å². The highest BCUT2D eigenvalue weighted by Gasteiger charge is 2.25. The molecule has 2 aromatic rings. The van der Waals surface area contributed by atoms with Gasteiger partial charge in [0.15, 0.2) is 0 Å². The lowest BCUT2D eigenvalue weighted by Gasteiger charge is -2.18. The van der Waals surface area contributed by atoms with E-state index < -0.39 is 27.8 Å². The number of benzene rings is 2. The average Bonchev–Trinajstić information content (AvgIpc) is 2.68. The van der Waals surface area contributed by atoms with Gasteiger partial charge in [-0.15, -0.1) is 0 Å². The Morgan fingerprint density at radius 1 is 1.17 bits per heavy atom. The number of rotatable bonds is 10. The minimum atomic E-state index is -4.07. The number of halogens is 3. The van der Waals surface area contributed by atoms with E-state index in [0.717, 1.165) is 23.8 Å². The summed E-state index contributed by atoms with van der Waals surface area (Å²) in [5.41, 5.74) is 0.842. The monoisotopic (exact) mass is 462 g/mol. The number of sulfonamides is 1. The zero-order valence-electron chi connectivity index (χ0n) is 15.6. The third-order valence-electron chi connectivity index (χ3n) is 4.05. The number of thioether (sulfide) groups is 1. The van der Waals surface area contributed by atoms with E-state index in [-0.39, 0.29) is 28.7 Å². The quantitative estimate of drug-likeness (QED) is 0.567. The smallest absolute Gasteiger partial charge is 0.241 e. The van der Waals surface area contributed by atoms with Gasteiger partial charge in [-0.3, -0.25) is 4.79 Å². The van der Waals surface area contributed by atoms with Crippen LogP contribution in [0.3, 0.4) is 0 Å². The molecule has 2 N–H and O–H groups in total. The van der Waals surface area contributed by atoms with E-state index in [1.165, 1.54) is 23.9 Å². The molecule has 0 spiro atoms. The van der Waals surface area contributed by atoms with Crippen molar-refractivity contribution < 1.29 is 22.0 Å². The summed E-state index contributed by atoms with van der Waals surface area (Å²) in [6.45, 7) is 0.268. The van der Waals surface area contributed by atoms with Gasteiger partial charge in [0.05, 0.1) is 9.92 Å². The first-order valence-corrected chi connectivity index (χ1v) is 12.0. The van der Waals surface area contributed by atoms with Gasteiger partial charge in [-0.1, -0.05) is 23.7 Å². The van der Waals surface area contributed by atoms with Gasteiger partial charge in [0.25, 0.3) is 0 Å². The Hall–Kier alpha value is -1.68. The molecular formula is C19H21ClF2N2O3S2. The number of carbonyl (C=O) groups excluding carboxylic acids is 1. The summed E-state index contributed by atoms with van der Waals surface area (Å²) in [7, 11) is -4.07. The van der Waals surface area contributed by atoms with Gasteiger partial charge < -0.3 is 5.32 Å². The molecule has 0 aliphatic carbocycles. The maximum Gasteiger partial charge on any atom is 0.241 e. The summed E-state index contributed by atoms with van der Waals surface area (Å²) in [4.78, 5) is 12.3. The standard InChI is InChI=1S/C19H21ClF2N2O3S2/c1-28-11-9-18(19(25)23-10-8-13-2-4-14(21)5-3-13)24-29(26,27)15-6-7-17(22)16(20)12-15/h2-7,12,18,24H,8-11H2,1H3,(H,23,25). The summed E-state index contributed by atoms with van der Waals surface area (Å²) in [5.74, 6) is -0.991. The zero-order chi connectivity index (χ0) is 21.4. The second-order valence-corrected chi connectivity index (χ2v) is 9.31. The zero-order valence-corrected chi connectivity index (χ0v) is 18.0. The van der Waals surface area contributed by atoms with Crippen molar-refractivity contribution in [2.75, 3.05) is 18.6 Å². The summed E-state index contributed by atoms with van der Waals surface area (Å²) < 4.78 is 53.8. The number of nitrogens with one attached hydrogen (secondary N) is 2. The molecule has 10 heteroatoms. The minimum Gasteiger partial charge on any atom is -0.354 e. The van der Waals surface area contributed by atoms with Crippen molar-refractivity contribution in [3.63, 3.8) is 0 Å². The van der Waals surface area contributed by atoms with E-state index in [0.29, 0.717) is 12.2 Å². The molecule has 1 amide bonds. The molecule has 1 unspecified atom stereocenters. The molecule has 0 saturated heterocycles. The van der Waals surface area contributed by atoms with Crippen LogP contribution >= 0.6 is 23.4 Å². The van der Waals surface area contributed by atoms with E-state index in [4.69, 9.17) is 11.6 Å². The van der Waals surface area contributed by atoms with E-state index in [2.05, 4.69) is 10.0 Å². The first-order valence-electron chi connectivity index (χ1n) is 8.71. The number of amides is 1. The molecule has 2 rings (SSSR count). The van der Waals surface area contributed by atoms with Crippen molar-refractivity contribution in [3.05, 3.63) is 64.7 Å². The molecule has 0 radical (unpaired) electrons. The molecule has 0 saturated carbocycles. The summed E-state index contributed by atoms with van der Waals surface area (Å²) in [6, 6.07) is 7.95. The first-order chi connectivity index (χ1) is 13.7. The van der Waals surface area contributed by atoms with E-state index in [1.807, 2.05) is 6.26 Å². The van der Waals surface area contributed by atoms with Crippen LogP contribution in [0.2, 0.25) is 5.02 Å². The van der Waals surface area contributed by atoms with Crippen LogP contribution in [0.15, 0.2) is 47.4 Å². The lowest BCUT2D eigenvalue weighted by molar-refractivity contribution is -0.122. The van der Waals surface area contributed by atoms with Crippen molar-refractivity contribution in [2.24, 2.45) is 0 Å². The summed E-state index contributed by atoms with van der Waals surface area (Å²) >= 11 is 7.14. The van der Waals surface area contributed by atoms with Gasteiger partial charge in [-0.2, -0.15) is 16.5 Å². The van der Waals surface area contributed by atoms with Crippen molar-refractivity contribution in [1.29, 1.82) is 0 Å². The van der Waals surface area contributed by atoms with Crippen molar-refractivity contribution in [2.45, 2.75) is 23.8 Å². The fraction of sp³-hybridized carbons (Fsp3) is 0.316. The van der Waals surface area contributed by atoms with Crippen LogP contribution in [0.4, 0.5) is 8.78 Å². The highest BCUT2D eigenvalue weighted by molar-refractivity contribution is 7.98. The molecule has 0 aliphatic heterocycles. The van der Waals surface area contributed by atoms with Crippen LogP contribution in [0.25, 0.3) is 0 Å². The minimum absolute atomic E-state index is 0.225. The molecule has 0 fully saturated rings. The molecule has 1 atom stereocenters. The topological polar surface area (TPSA) is 75.3 Å². The van der Waals surface area contributed by atoms with Crippen LogP contribution in [-0.4, -0.2) is 38.9 Å². The van der Waals surface area contributed by atoms with Crippen molar-refractivity contribution >= 4 is 39.3 Å². The molecule has 158 valence electrons. The van der Waals surface area contributed by atoms with E-state index >= 15 is 0 Å². The van der Waals surface area contributed by atoms with Crippen LogP contribution in [0, 0.1) is 11.6 Å². The van der Waals surface area contributed by atoms with Crippen LogP contribution in [0.1, 0.15) is 12.0 Å². The number of hydrogen-bond donors (Lipinski definition) is 2. The summed E-state index contributed by atoms with van der Waals surface area (Å²) in [5, 5.41) is 2.37. The van der Waals surface area contributed by atoms with Crippen molar-refractivity contribution in [1.82, 2.24) is 10.0 Å². The average molecular weight is 463 g/mol. The molecule has 29 heavy (non-hydrogen) atoms. The highest BCUT2D eigenvalue weighted by Crippen LogP contribution is 2.20. The second-order valence-electron chi connectivity index (χ2n) is 6.20. The van der Waals surface area contributed by atoms with Gasteiger partial charge in [-0.25, -0.2) is 17.2 Å². The van der Waals surface area contributed by atoms with Crippen LogP contribution < -0.4 is 10.0 Å². The van der Waals surface area contributed by atoms with Gasteiger partial charge in [0.1, 0.15) is 17.7 Å². The third-order valence-corrected chi connectivity index (χ3v) is 6.46. The van der Waals surface area contributed by atoms with Gasteiger partial charge in [0, 0.05) is 6.54 Å². The maximum absolute atomic E-state index is 13.3. The normalized spacial score (nSPS) is 12.6. The van der Waals surface area contributed by atoms with Crippen LogP contribution in [0.5, 0.6) is 0 Å². The SMILES string of the molecule is CSCCC(NS(=O)(=O)c1ccc(F)c(Cl)c1)C(=O)NCCc1ccc(F)cc1. The van der Waals surface area contributed by atoms with Gasteiger partial charge >= 0.3 is 0 Å². The Morgan fingerprint density at radius 3 is 2.48 bits per heavy atom. The highest BCUT2D eigenvalue weighted by atomic mass is 35.5. The fourth-order valence-electron chi connectivity index (χ4n) is 2.48. The Bertz CT molecular complexity index is 941. The Labute approximate surface area is 178 Å². The second kappa shape index (κ2) is 10.9. The predicted molar refractivity (Wildman–Crippen MR) is 112 cm³/mol. The van der Waals surface area contributed by atoms with Crippen molar-refractivity contribution in [3.8, 4) is 0 Å². The fourth-order valence-corrected chi connectivity index (χ4v) is 4.46. The molecule has 5 nitrogen and oxygen atoms in total. The summed E-state index contributed by atoms with van der Waals surface area (Å²) in [6.07, 6.45) is 2.59. The molecule has 0 heterocycles. The Kier molecular flexibility index (Phi) is 8.88. The first kappa shape index (κ1) is 23.6. The van der Waals surface area contributed by atoms with Gasteiger partial charge in [-0.05, 0) is 60.7 Å². The molecule has 0 aromatic heterocycles. The predicted octanol–water partition coefficient (Wildman–Crippen LogP) is 3.38. The Morgan fingerprint density at radius 2 is 1.86 bits per heavy atom. The lowest BCUT2D eigenvalue weighted by Crippen LogP contribution is -2.47.